The first-order valence-electron chi connectivity index (χ1n) is 7.33. The molecule has 0 spiro atoms. The van der Waals surface area contributed by atoms with Crippen molar-refractivity contribution < 1.29 is 9.18 Å². The Morgan fingerprint density at radius 2 is 1.87 bits per heavy atom. The lowest BCUT2D eigenvalue weighted by molar-refractivity contribution is 0.102. The van der Waals surface area contributed by atoms with Crippen molar-refractivity contribution in [3.63, 3.8) is 0 Å². The average molecular weight is 325 g/mol. The summed E-state index contributed by atoms with van der Waals surface area (Å²) in [6.45, 7) is 3.70. The van der Waals surface area contributed by atoms with E-state index in [9.17, 15) is 9.18 Å². The van der Waals surface area contributed by atoms with E-state index in [0.29, 0.717) is 11.1 Å². The minimum atomic E-state index is -0.291. The number of hydrogen-bond acceptors (Lipinski definition) is 3. The van der Waals surface area contributed by atoms with Crippen LogP contribution >= 0.6 is 11.8 Å². The van der Waals surface area contributed by atoms with Crippen molar-refractivity contribution in [3.8, 4) is 0 Å². The highest BCUT2D eigenvalue weighted by molar-refractivity contribution is 7.99. The predicted octanol–water partition coefficient (Wildman–Crippen LogP) is 4.97. The van der Waals surface area contributed by atoms with Crippen LogP contribution in [0, 0.1) is 19.7 Å². The fourth-order valence-corrected chi connectivity index (χ4v) is 3.30. The molecule has 0 N–H and O–H groups in total. The van der Waals surface area contributed by atoms with E-state index in [1.54, 1.807) is 13.0 Å². The van der Waals surface area contributed by atoms with Crippen LogP contribution in [0.4, 0.5) is 4.39 Å². The molecule has 0 aliphatic carbocycles. The standard InChI is InChI=1S/C19H16FNOS/c1-12-10-19(21-17-6-4-3-5-15(12)17)23-11-18(22)14-7-8-16(20)13(2)9-14/h3-10H,11H2,1-2H3. The smallest absolute Gasteiger partial charge is 0.173 e. The number of thioether (sulfide) groups is 1. The summed E-state index contributed by atoms with van der Waals surface area (Å²) >= 11 is 1.41. The average Bonchev–Trinajstić information content (AvgIpc) is 2.55. The number of benzene rings is 2. The van der Waals surface area contributed by atoms with Crippen LogP contribution in [0.2, 0.25) is 0 Å². The molecular formula is C19H16FNOS. The maximum Gasteiger partial charge on any atom is 0.173 e. The molecule has 4 heteroatoms. The Morgan fingerprint density at radius 1 is 1.09 bits per heavy atom. The third-order valence-electron chi connectivity index (χ3n) is 3.73. The number of aryl methyl sites for hydroxylation is 2. The Hall–Kier alpha value is -2.20. The van der Waals surface area contributed by atoms with Crippen LogP contribution in [0.1, 0.15) is 21.5 Å². The Labute approximate surface area is 138 Å². The van der Waals surface area contributed by atoms with E-state index in [-0.39, 0.29) is 17.4 Å². The first-order chi connectivity index (χ1) is 11.0. The largest absolute Gasteiger partial charge is 0.293 e. The highest BCUT2D eigenvalue weighted by Crippen LogP contribution is 2.24. The van der Waals surface area contributed by atoms with Crippen molar-refractivity contribution in [1.82, 2.24) is 4.98 Å². The van der Waals surface area contributed by atoms with Crippen molar-refractivity contribution in [2.75, 3.05) is 5.75 Å². The van der Waals surface area contributed by atoms with E-state index in [2.05, 4.69) is 4.98 Å². The summed E-state index contributed by atoms with van der Waals surface area (Å²) < 4.78 is 13.3. The second kappa shape index (κ2) is 6.50. The van der Waals surface area contributed by atoms with Crippen LogP contribution in [0.15, 0.2) is 53.6 Å². The first kappa shape index (κ1) is 15.7. The summed E-state index contributed by atoms with van der Waals surface area (Å²) in [5, 5.41) is 1.95. The maximum atomic E-state index is 13.3. The fraction of sp³-hybridized carbons (Fsp3) is 0.158. The number of aromatic nitrogens is 1. The molecule has 0 bridgehead atoms. The minimum absolute atomic E-state index is 0.0225. The molecule has 0 saturated carbocycles. The summed E-state index contributed by atoms with van der Waals surface area (Å²) in [6, 6.07) is 14.4. The number of para-hydroxylation sites is 1. The van der Waals surface area contributed by atoms with Crippen LogP contribution in [0.5, 0.6) is 0 Å². The number of halogens is 1. The van der Waals surface area contributed by atoms with E-state index in [0.717, 1.165) is 21.5 Å². The van der Waals surface area contributed by atoms with Crippen LogP contribution in [-0.2, 0) is 0 Å². The molecule has 0 radical (unpaired) electrons. The van der Waals surface area contributed by atoms with Crippen molar-refractivity contribution in [2.45, 2.75) is 18.9 Å². The third kappa shape index (κ3) is 3.42. The van der Waals surface area contributed by atoms with Gasteiger partial charge in [-0.05, 0) is 55.3 Å². The SMILES string of the molecule is Cc1cc(C(=O)CSc2cc(C)c3ccccc3n2)ccc1F. The number of pyridine rings is 1. The molecule has 0 aliphatic rings. The van der Waals surface area contributed by atoms with Crippen molar-refractivity contribution in [2.24, 2.45) is 0 Å². The highest BCUT2D eigenvalue weighted by atomic mass is 32.2. The van der Waals surface area contributed by atoms with Crippen LogP contribution in [-0.4, -0.2) is 16.5 Å². The van der Waals surface area contributed by atoms with Gasteiger partial charge in [-0.3, -0.25) is 4.79 Å². The molecule has 0 saturated heterocycles. The van der Waals surface area contributed by atoms with E-state index >= 15 is 0 Å². The lowest BCUT2D eigenvalue weighted by Gasteiger charge is -2.06. The van der Waals surface area contributed by atoms with Gasteiger partial charge >= 0.3 is 0 Å². The quantitative estimate of drug-likeness (QED) is 0.501. The van der Waals surface area contributed by atoms with Gasteiger partial charge in [0.1, 0.15) is 5.82 Å². The van der Waals surface area contributed by atoms with Crippen molar-refractivity contribution >= 4 is 28.4 Å². The van der Waals surface area contributed by atoms with E-state index in [1.807, 2.05) is 37.3 Å². The molecule has 1 heterocycles. The molecule has 2 nitrogen and oxygen atoms in total. The molecule has 0 fully saturated rings. The number of carbonyl (C=O) groups excluding carboxylic acids is 1. The predicted molar refractivity (Wildman–Crippen MR) is 92.7 cm³/mol. The summed E-state index contributed by atoms with van der Waals surface area (Å²) in [7, 11) is 0. The van der Waals surface area contributed by atoms with E-state index in [1.165, 1.54) is 23.9 Å². The van der Waals surface area contributed by atoms with Gasteiger partial charge in [-0.15, -0.1) is 0 Å². The highest BCUT2D eigenvalue weighted by Gasteiger charge is 2.10. The van der Waals surface area contributed by atoms with Gasteiger partial charge in [0.25, 0.3) is 0 Å². The van der Waals surface area contributed by atoms with Crippen molar-refractivity contribution in [3.05, 3.63) is 71.0 Å². The van der Waals surface area contributed by atoms with Crippen LogP contribution in [0.3, 0.4) is 0 Å². The number of nitrogens with zero attached hydrogens (tertiary/aromatic N) is 1. The number of carbonyl (C=O) groups is 1. The summed E-state index contributed by atoms with van der Waals surface area (Å²) in [4.78, 5) is 16.8. The summed E-state index contributed by atoms with van der Waals surface area (Å²) in [6.07, 6.45) is 0. The Morgan fingerprint density at radius 3 is 2.65 bits per heavy atom. The molecule has 3 rings (SSSR count). The number of hydrogen-bond donors (Lipinski definition) is 0. The number of Topliss-reactive ketones (excluding diaryl/α,β-unsaturated/α-hetero) is 1. The van der Waals surface area contributed by atoms with Gasteiger partial charge in [-0.1, -0.05) is 30.0 Å². The zero-order valence-corrected chi connectivity index (χ0v) is 13.8. The minimum Gasteiger partial charge on any atom is -0.293 e. The monoisotopic (exact) mass is 325 g/mol. The number of fused-ring (bicyclic) bond motifs is 1. The molecule has 3 aromatic rings. The van der Waals surface area contributed by atoms with Gasteiger partial charge in [-0.25, -0.2) is 9.37 Å². The Bertz CT molecular complexity index is 892. The Balaban J connectivity index is 1.77. The van der Waals surface area contributed by atoms with Gasteiger partial charge < -0.3 is 0 Å². The molecule has 0 unspecified atom stereocenters. The van der Waals surface area contributed by atoms with Crippen LogP contribution in [0.25, 0.3) is 10.9 Å². The first-order valence-corrected chi connectivity index (χ1v) is 8.32. The molecular weight excluding hydrogens is 309 g/mol. The molecule has 1 aromatic heterocycles. The van der Waals surface area contributed by atoms with E-state index in [4.69, 9.17) is 0 Å². The molecule has 23 heavy (non-hydrogen) atoms. The second-order valence-corrected chi connectivity index (χ2v) is 6.47. The van der Waals surface area contributed by atoms with Crippen LogP contribution < -0.4 is 0 Å². The normalized spacial score (nSPS) is 10.9. The number of rotatable bonds is 4. The molecule has 0 aliphatic heterocycles. The molecule has 2 aromatic carbocycles. The van der Waals surface area contributed by atoms with Gasteiger partial charge in [0.2, 0.25) is 0 Å². The third-order valence-corrected chi connectivity index (χ3v) is 4.64. The zero-order chi connectivity index (χ0) is 16.4. The molecule has 0 atom stereocenters. The lowest BCUT2D eigenvalue weighted by Crippen LogP contribution is -2.03. The number of ketones is 1. The molecule has 0 amide bonds. The maximum absolute atomic E-state index is 13.3. The van der Waals surface area contributed by atoms with Crippen molar-refractivity contribution in [1.29, 1.82) is 0 Å². The van der Waals surface area contributed by atoms with E-state index < -0.39 is 0 Å². The molecule has 116 valence electrons. The summed E-state index contributed by atoms with van der Waals surface area (Å²) in [5.74, 6) is -0.0257. The van der Waals surface area contributed by atoms with Gasteiger partial charge in [0.05, 0.1) is 16.3 Å². The Kier molecular flexibility index (Phi) is 4.44. The zero-order valence-electron chi connectivity index (χ0n) is 13.0. The summed E-state index contributed by atoms with van der Waals surface area (Å²) in [5.41, 5.74) is 3.10. The topological polar surface area (TPSA) is 30.0 Å². The van der Waals surface area contributed by atoms with Gasteiger partial charge in [0.15, 0.2) is 5.78 Å². The lowest BCUT2D eigenvalue weighted by atomic mass is 10.1. The second-order valence-electron chi connectivity index (χ2n) is 5.47. The van der Waals surface area contributed by atoms with Gasteiger partial charge in [-0.2, -0.15) is 0 Å². The fourth-order valence-electron chi connectivity index (χ4n) is 2.43. The van der Waals surface area contributed by atoms with Gasteiger partial charge in [0, 0.05) is 10.9 Å².